The molecule has 3 saturated carbocycles. The van der Waals surface area contributed by atoms with Crippen LogP contribution in [-0.2, 0) is 9.47 Å². The van der Waals surface area contributed by atoms with Gasteiger partial charge in [0, 0.05) is 30.8 Å². The molecule has 7 rings (SSSR count). The Balaban J connectivity index is 1.14. The second-order valence-corrected chi connectivity index (χ2v) is 13.7. The second kappa shape index (κ2) is 7.44. The maximum atomic E-state index is 6.95. The molecule has 186 valence electrons. The first-order valence-corrected chi connectivity index (χ1v) is 14.3. The van der Waals surface area contributed by atoms with Gasteiger partial charge in [-0.2, -0.15) is 0 Å². The zero-order chi connectivity index (χ0) is 23.3. The molecule has 3 heterocycles. The van der Waals surface area contributed by atoms with E-state index in [9.17, 15) is 0 Å². The first-order valence-electron chi connectivity index (χ1n) is 14.3. The summed E-state index contributed by atoms with van der Waals surface area (Å²) in [7, 11) is 0. The van der Waals surface area contributed by atoms with Gasteiger partial charge in [-0.1, -0.05) is 39.3 Å². The number of fused-ring (bicyclic) bond motifs is 7. The minimum atomic E-state index is -0.288. The van der Waals surface area contributed by atoms with Gasteiger partial charge in [-0.3, -0.25) is 0 Å². The van der Waals surface area contributed by atoms with Crippen LogP contribution in [0.2, 0.25) is 0 Å². The molecule has 4 nitrogen and oxygen atoms in total. The lowest BCUT2D eigenvalue weighted by Gasteiger charge is -2.58. The van der Waals surface area contributed by atoms with Crippen molar-refractivity contribution >= 4 is 0 Å². The molecule has 1 aromatic rings. The van der Waals surface area contributed by atoms with Gasteiger partial charge in [-0.25, -0.2) is 4.98 Å². The van der Waals surface area contributed by atoms with E-state index in [-0.39, 0.29) is 5.79 Å². The lowest BCUT2D eigenvalue weighted by molar-refractivity contribution is -0.272. The van der Waals surface area contributed by atoms with Crippen LogP contribution in [0.3, 0.4) is 0 Å². The number of rotatable bonds is 1. The largest absolute Gasteiger partial charge is 0.349 e. The summed E-state index contributed by atoms with van der Waals surface area (Å²) in [6.45, 7) is 10.9. The van der Waals surface area contributed by atoms with E-state index in [2.05, 4.69) is 49.5 Å². The molecule has 6 aliphatic rings. The Hall–Kier alpha value is -1.13. The van der Waals surface area contributed by atoms with Gasteiger partial charge in [0.2, 0.25) is 0 Å². The van der Waals surface area contributed by atoms with E-state index in [0.29, 0.717) is 40.7 Å². The molecule has 0 amide bonds. The molecule has 4 aliphatic carbocycles. The third-order valence-corrected chi connectivity index (χ3v) is 12.3. The zero-order valence-corrected chi connectivity index (χ0v) is 21.7. The monoisotopic (exact) mass is 464 g/mol. The third-order valence-electron chi connectivity index (χ3n) is 12.3. The molecule has 0 bridgehead atoms. The predicted molar refractivity (Wildman–Crippen MR) is 133 cm³/mol. The van der Waals surface area contributed by atoms with Crippen LogP contribution >= 0.6 is 0 Å². The lowest BCUT2D eigenvalue weighted by Crippen LogP contribution is -2.52. The number of hydrogen-bond acceptors (Lipinski definition) is 3. The lowest BCUT2D eigenvalue weighted by atomic mass is 9.46. The van der Waals surface area contributed by atoms with Crippen molar-refractivity contribution < 1.29 is 9.47 Å². The van der Waals surface area contributed by atoms with Crippen molar-refractivity contribution in [3.8, 4) is 0 Å². The second-order valence-electron chi connectivity index (χ2n) is 13.7. The van der Waals surface area contributed by atoms with Crippen molar-refractivity contribution in [2.24, 2.45) is 46.3 Å². The molecule has 5 fully saturated rings. The molecule has 4 heteroatoms. The Morgan fingerprint density at radius 2 is 1.94 bits per heavy atom. The average Bonchev–Trinajstić information content (AvgIpc) is 3.52. The standard InChI is InChI=1S/C30H44N2O2/c1-19-7-12-30(33-17-19)20(2)27-26(34-30)16-25-23-6-5-21-15-22(32-14-13-31-18-32)8-10-28(21,3)24(23)9-11-29(25,27)4/h5,13-14,18-20,22-27H,6-12,15-17H2,1-4H3/t19-,20+,22+,23-,24+,25+,26+,27+,28+,29+,30-/m1/s1. The van der Waals surface area contributed by atoms with Crippen LogP contribution in [0, 0.1) is 46.3 Å². The number of allylic oxidation sites excluding steroid dienone is 2. The SMILES string of the molecule is C[C@@H]1CC[C@@]2(OC1)O[C@H]1C[C@H]3[C@@H]4CC=C5C[C@@H](n6ccnc6)CC[C@]5(C)[C@H]4CC[C@]3(C)[C@H]1[C@@H]2C. The number of nitrogens with zero attached hydrogens (tertiary/aromatic N) is 2. The highest BCUT2D eigenvalue weighted by atomic mass is 16.7. The Morgan fingerprint density at radius 1 is 1.06 bits per heavy atom. The summed E-state index contributed by atoms with van der Waals surface area (Å²) >= 11 is 0. The van der Waals surface area contributed by atoms with Crippen molar-refractivity contribution in [3.05, 3.63) is 30.4 Å². The summed E-state index contributed by atoms with van der Waals surface area (Å²) in [5, 5.41) is 0. The van der Waals surface area contributed by atoms with Gasteiger partial charge in [-0.15, -0.1) is 0 Å². The summed E-state index contributed by atoms with van der Waals surface area (Å²) < 4.78 is 15.8. The topological polar surface area (TPSA) is 36.3 Å². The Bertz CT molecular complexity index is 962. The smallest absolute Gasteiger partial charge is 0.171 e. The van der Waals surface area contributed by atoms with Crippen LogP contribution in [0.25, 0.3) is 0 Å². The molecule has 0 radical (unpaired) electrons. The van der Waals surface area contributed by atoms with Gasteiger partial charge in [0.15, 0.2) is 5.79 Å². The number of imidazole rings is 1. The van der Waals surface area contributed by atoms with Crippen LogP contribution in [0.15, 0.2) is 30.4 Å². The predicted octanol–water partition coefficient (Wildman–Crippen LogP) is 6.79. The molecular weight excluding hydrogens is 420 g/mol. The molecule has 1 aromatic heterocycles. The molecule has 2 saturated heterocycles. The van der Waals surface area contributed by atoms with Gasteiger partial charge in [0.05, 0.1) is 19.0 Å². The van der Waals surface area contributed by atoms with E-state index in [4.69, 9.17) is 9.47 Å². The Labute approximate surface area is 205 Å². The van der Waals surface area contributed by atoms with E-state index in [0.717, 1.165) is 30.8 Å². The highest BCUT2D eigenvalue weighted by Gasteiger charge is 2.68. The van der Waals surface area contributed by atoms with Crippen LogP contribution in [-0.4, -0.2) is 28.0 Å². The average molecular weight is 465 g/mol. The van der Waals surface area contributed by atoms with Gasteiger partial charge in [0.25, 0.3) is 0 Å². The van der Waals surface area contributed by atoms with Crippen LogP contribution in [0.4, 0.5) is 0 Å². The number of ether oxygens (including phenoxy) is 2. The maximum Gasteiger partial charge on any atom is 0.171 e. The quantitative estimate of drug-likeness (QED) is 0.429. The molecule has 2 aliphatic heterocycles. The highest BCUT2D eigenvalue weighted by Crippen LogP contribution is 2.70. The van der Waals surface area contributed by atoms with Crippen molar-refractivity contribution in [1.29, 1.82) is 0 Å². The molecule has 1 spiro atoms. The fraction of sp³-hybridized carbons (Fsp3) is 0.833. The van der Waals surface area contributed by atoms with Crippen molar-refractivity contribution in [2.75, 3.05) is 6.61 Å². The minimum Gasteiger partial charge on any atom is -0.349 e. The third kappa shape index (κ3) is 2.88. The fourth-order valence-corrected chi connectivity index (χ4v) is 10.4. The van der Waals surface area contributed by atoms with Gasteiger partial charge >= 0.3 is 0 Å². The normalized spacial score (nSPS) is 54.2. The van der Waals surface area contributed by atoms with Crippen molar-refractivity contribution in [1.82, 2.24) is 9.55 Å². The summed E-state index contributed by atoms with van der Waals surface area (Å²) in [6, 6.07) is 0.599. The zero-order valence-electron chi connectivity index (χ0n) is 21.7. The Kier molecular flexibility index (Phi) is 4.84. The molecule has 34 heavy (non-hydrogen) atoms. The Morgan fingerprint density at radius 3 is 2.71 bits per heavy atom. The van der Waals surface area contributed by atoms with E-state index in [1.807, 2.05) is 12.5 Å². The summed E-state index contributed by atoms with van der Waals surface area (Å²) in [5.74, 6) is 4.07. The van der Waals surface area contributed by atoms with Gasteiger partial charge in [-0.05, 0) is 91.8 Å². The first kappa shape index (κ1) is 22.1. The van der Waals surface area contributed by atoms with E-state index >= 15 is 0 Å². The number of hydrogen-bond donors (Lipinski definition) is 0. The molecule has 0 aromatic carbocycles. The summed E-state index contributed by atoms with van der Waals surface area (Å²) in [4.78, 5) is 4.32. The summed E-state index contributed by atoms with van der Waals surface area (Å²) in [6.07, 6.45) is 20.8. The van der Waals surface area contributed by atoms with Crippen LogP contribution in [0.1, 0.15) is 91.5 Å². The van der Waals surface area contributed by atoms with E-state index < -0.39 is 0 Å². The first-order chi connectivity index (χ1) is 16.3. The highest BCUT2D eigenvalue weighted by molar-refractivity contribution is 5.26. The fourth-order valence-electron chi connectivity index (χ4n) is 10.4. The molecule has 0 unspecified atom stereocenters. The molecular formula is C30H44N2O2. The van der Waals surface area contributed by atoms with E-state index in [1.54, 1.807) is 5.57 Å². The van der Waals surface area contributed by atoms with Crippen molar-refractivity contribution in [2.45, 2.75) is 103 Å². The van der Waals surface area contributed by atoms with Gasteiger partial charge in [0.1, 0.15) is 0 Å². The van der Waals surface area contributed by atoms with Crippen LogP contribution in [0.5, 0.6) is 0 Å². The number of aromatic nitrogens is 2. The molecule has 11 atom stereocenters. The summed E-state index contributed by atoms with van der Waals surface area (Å²) in [5.41, 5.74) is 2.57. The minimum absolute atomic E-state index is 0.288. The van der Waals surface area contributed by atoms with E-state index in [1.165, 1.54) is 51.4 Å². The van der Waals surface area contributed by atoms with Crippen LogP contribution < -0.4 is 0 Å². The van der Waals surface area contributed by atoms with Gasteiger partial charge < -0.3 is 14.0 Å². The van der Waals surface area contributed by atoms with Crippen molar-refractivity contribution in [3.63, 3.8) is 0 Å². The maximum absolute atomic E-state index is 6.95. The molecule has 0 N–H and O–H groups in total.